The summed E-state index contributed by atoms with van der Waals surface area (Å²) in [6.07, 6.45) is -1.01. The maximum absolute atomic E-state index is 13.2. The Labute approximate surface area is 191 Å². The first kappa shape index (κ1) is 24.3. The van der Waals surface area contributed by atoms with E-state index in [1.165, 1.54) is 29.2 Å². The number of ether oxygens (including phenoxy) is 1. The van der Waals surface area contributed by atoms with E-state index in [-0.39, 0.29) is 30.4 Å². The molecule has 11 heteroatoms. The van der Waals surface area contributed by atoms with E-state index < -0.39 is 28.1 Å². The Morgan fingerprint density at radius 3 is 2.66 bits per heavy atom. The summed E-state index contributed by atoms with van der Waals surface area (Å²) < 4.78 is 32.7. The second-order valence-corrected chi connectivity index (χ2v) is 10.4. The van der Waals surface area contributed by atoms with Crippen LogP contribution < -0.4 is 4.90 Å². The lowest BCUT2D eigenvalue weighted by molar-refractivity contribution is -0.149. The van der Waals surface area contributed by atoms with Crippen LogP contribution in [0.2, 0.25) is 0 Å². The summed E-state index contributed by atoms with van der Waals surface area (Å²) in [5, 5.41) is 12.3. The molecule has 174 valence electrons. The fraction of sp³-hybridized carbons (Fsp3) is 0.476. The van der Waals surface area contributed by atoms with Gasteiger partial charge in [-0.05, 0) is 44.0 Å². The fourth-order valence-electron chi connectivity index (χ4n) is 3.49. The number of hydrogen-bond acceptors (Lipinski definition) is 8. The molecular formula is C21H27N3O6S2. The number of anilines is 1. The molecule has 1 amide bonds. The second-order valence-electron chi connectivity index (χ2n) is 7.72. The topological polar surface area (TPSA) is 117 Å². The largest absolute Gasteiger partial charge is 0.458 e. The van der Waals surface area contributed by atoms with E-state index in [0.717, 1.165) is 15.4 Å². The van der Waals surface area contributed by atoms with Crippen molar-refractivity contribution in [3.05, 3.63) is 40.4 Å². The average Bonchev–Trinajstić information content (AvgIpc) is 3.35. The molecule has 2 heterocycles. The van der Waals surface area contributed by atoms with Gasteiger partial charge in [-0.25, -0.2) is 13.4 Å². The summed E-state index contributed by atoms with van der Waals surface area (Å²) in [6.45, 7) is 7.10. The highest BCUT2D eigenvalue weighted by Gasteiger charge is 2.44. The predicted octanol–water partition coefficient (Wildman–Crippen LogP) is 2.00. The van der Waals surface area contributed by atoms with Gasteiger partial charge in [-0.15, -0.1) is 11.3 Å². The van der Waals surface area contributed by atoms with Crippen LogP contribution in [-0.4, -0.2) is 59.9 Å². The van der Waals surface area contributed by atoms with Gasteiger partial charge >= 0.3 is 5.97 Å². The summed E-state index contributed by atoms with van der Waals surface area (Å²) >= 11 is 1.26. The molecule has 32 heavy (non-hydrogen) atoms. The van der Waals surface area contributed by atoms with Crippen molar-refractivity contribution in [3.8, 4) is 0 Å². The number of carbonyl (C=O) groups is 2. The molecule has 1 fully saturated rings. The monoisotopic (exact) mass is 481 g/mol. The molecule has 0 saturated carbocycles. The van der Waals surface area contributed by atoms with Crippen molar-refractivity contribution in [1.29, 1.82) is 0 Å². The van der Waals surface area contributed by atoms with Gasteiger partial charge in [0.2, 0.25) is 15.9 Å². The zero-order chi connectivity index (χ0) is 23.6. The molecule has 0 radical (unpaired) electrons. The molecule has 9 nitrogen and oxygen atoms in total. The Morgan fingerprint density at radius 2 is 2.03 bits per heavy atom. The molecule has 1 aliphatic rings. The van der Waals surface area contributed by atoms with Gasteiger partial charge in [0.25, 0.3) is 0 Å². The zero-order valence-electron chi connectivity index (χ0n) is 18.4. The van der Waals surface area contributed by atoms with E-state index >= 15 is 0 Å². The number of aromatic nitrogens is 1. The lowest BCUT2D eigenvalue weighted by Crippen LogP contribution is -2.41. The number of β-amino-alcohol motifs (C(OH)–C–C–N with tert-alkyl or cyclic N) is 1. The Bertz CT molecular complexity index is 1110. The Morgan fingerprint density at radius 1 is 1.31 bits per heavy atom. The molecule has 1 aliphatic heterocycles. The molecule has 1 aromatic heterocycles. The molecule has 1 N–H and O–H groups in total. The van der Waals surface area contributed by atoms with Crippen molar-refractivity contribution in [2.45, 2.75) is 57.8 Å². The van der Waals surface area contributed by atoms with Crippen LogP contribution in [0, 0.1) is 13.8 Å². The Kier molecular flexibility index (Phi) is 7.33. The third-order valence-corrected chi connectivity index (χ3v) is 8.20. The highest BCUT2D eigenvalue weighted by molar-refractivity contribution is 7.89. The molecular weight excluding hydrogens is 454 g/mol. The number of nitrogens with zero attached hydrogens (tertiary/aromatic N) is 3. The number of esters is 1. The van der Waals surface area contributed by atoms with Gasteiger partial charge in [0.1, 0.15) is 12.6 Å². The Hall–Kier alpha value is -2.34. The molecule has 1 saturated heterocycles. The Balaban J connectivity index is 1.73. The van der Waals surface area contributed by atoms with Crippen molar-refractivity contribution in [3.63, 3.8) is 0 Å². The first-order chi connectivity index (χ1) is 15.0. The van der Waals surface area contributed by atoms with E-state index in [0.29, 0.717) is 17.4 Å². The third-order valence-electron chi connectivity index (χ3n) is 5.42. The molecule has 2 aromatic rings. The predicted molar refractivity (Wildman–Crippen MR) is 120 cm³/mol. The molecule has 2 atom stereocenters. The fourth-order valence-corrected chi connectivity index (χ4v) is 6.12. The van der Waals surface area contributed by atoms with Crippen LogP contribution in [0.5, 0.6) is 0 Å². The molecule has 3 rings (SSSR count). The lowest BCUT2D eigenvalue weighted by atomic mass is 10.1. The average molecular weight is 482 g/mol. The summed E-state index contributed by atoms with van der Waals surface area (Å²) in [6, 6.07) is 3.64. The number of aryl methyl sites for hydroxylation is 2. The molecule has 0 aliphatic carbocycles. The summed E-state index contributed by atoms with van der Waals surface area (Å²) in [5.74, 6) is -0.889. The van der Waals surface area contributed by atoms with Crippen molar-refractivity contribution >= 4 is 38.4 Å². The van der Waals surface area contributed by atoms with Crippen LogP contribution in [-0.2, 0) is 31.0 Å². The number of amides is 1. The van der Waals surface area contributed by atoms with Gasteiger partial charge in [0.15, 0.2) is 5.13 Å². The summed E-state index contributed by atoms with van der Waals surface area (Å²) in [5.41, 5.74) is 2.23. The van der Waals surface area contributed by atoms with E-state index in [1.807, 2.05) is 20.8 Å². The minimum absolute atomic E-state index is 0.0425. The van der Waals surface area contributed by atoms with Crippen LogP contribution in [0.3, 0.4) is 0 Å². The summed E-state index contributed by atoms with van der Waals surface area (Å²) in [7, 11) is -3.99. The van der Waals surface area contributed by atoms with Gasteiger partial charge in [-0.1, -0.05) is 6.07 Å². The van der Waals surface area contributed by atoms with Gasteiger partial charge in [0.05, 0.1) is 16.7 Å². The van der Waals surface area contributed by atoms with Gasteiger partial charge in [-0.3, -0.25) is 14.5 Å². The van der Waals surface area contributed by atoms with E-state index in [4.69, 9.17) is 4.74 Å². The number of thiazole rings is 1. The van der Waals surface area contributed by atoms with Crippen molar-refractivity contribution in [2.75, 3.05) is 18.0 Å². The van der Waals surface area contributed by atoms with Crippen molar-refractivity contribution < 1.29 is 27.9 Å². The first-order valence-electron chi connectivity index (χ1n) is 10.2. The highest BCUT2D eigenvalue weighted by atomic mass is 32.2. The second kappa shape index (κ2) is 9.65. The number of sulfonamides is 1. The number of aliphatic hydroxyl groups excluding tert-OH is 1. The maximum atomic E-state index is 13.2. The lowest BCUT2D eigenvalue weighted by Gasteiger charge is -2.22. The first-order valence-corrected chi connectivity index (χ1v) is 12.5. The molecule has 0 spiro atoms. The standard InChI is InChI=1S/C21H27N3O6S2/c1-5-23(15(4)25)21-22-16(12-31-21)11-30-20(27)19-9-17(26)10-24(19)32(28,29)18-7-6-13(2)14(3)8-18/h6-8,12,17,19,26H,5,9-11H2,1-4H3. The highest BCUT2D eigenvalue weighted by Crippen LogP contribution is 2.29. The van der Waals surface area contributed by atoms with E-state index in [2.05, 4.69) is 4.98 Å². The van der Waals surface area contributed by atoms with Crippen molar-refractivity contribution in [2.24, 2.45) is 0 Å². The molecule has 1 aromatic carbocycles. The minimum Gasteiger partial charge on any atom is -0.458 e. The third kappa shape index (κ3) is 5.01. The van der Waals surface area contributed by atoms with Crippen LogP contribution in [0.1, 0.15) is 37.1 Å². The van der Waals surface area contributed by atoms with Crippen LogP contribution in [0.25, 0.3) is 0 Å². The van der Waals surface area contributed by atoms with Crippen LogP contribution in [0.15, 0.2) is 28.5 Å². The smallest absolute Gasteiger partial charge is 0.324 e. The molecule has 2 unspecified atom stereocenters. The number of carbonyl (C=O) groups excluding carboxylic acids is 2. The van der Waals surface area contributed by atoms with E-state index in [1.54, 1.807) is 17.5 Å². The van der Waals surface area contributed by atoms with Crippen LogP contribution in [0.4, 0.5) is 5.13 Å². The number of rotatable bonds is 7. The van der Waals surface area contributed by atoms with Gasteiger partial charge in [0, 0.05) is 31.8 Å². The minimum atomic E-state index is -3.99. The number of benzene rings is 1. The quantitative estimate of drug-likeness (QED) is 0.601. The SMILES string of the molecule is CCN(C(C)=O)c1nc(COC(=O)C2CC(O)CN2S(=O)(=O)c2ccc(C)c(C)c2)cs1. The number of hydrogen-bond donors (Lipinski definition) is 1. The normalized spacial score (nSPS) is 19.2. The summed E-state index contributed by atoms with van der Waals surface area (Å²) in [4.78, 5) is 30.3. The molecule has 0 bridgehead atoms. The number of aliphatic hydroxyl groups is 1. The zero-order valence-corrected chi connectivity index (χ0v) is 20.1. The van der Waals surface area contributed by atoms with Crippen LogP contribution >= 0.6 is 11.3 Å². The van der Waals surface area contributed by atoms with E-state index in [9.17, 15) is 23.1 Å². The van der Waals surface area contributed by atoms with Crippen molar-refractivity contribution in [1.82, 2.24) is 9.29 Å². The maximum Gasteiger partial charge on any atom is 0.324 e. The van der Waals surface area contributed by atoms with Gasteiger partial charge < -0.3 is 9.84 Å². The van der Waals surface area contributed by atoms with Gasteiger partial charge in [-0.2, -0.15) is 4.31 Å².